The minimum absolute atomic E-state index is 0.731. The van der Waals surface area contributed by atoms with E-state index < -0.39 is 0 Å². The van der Waals surface area contributed by atoms with Crippen LogP contribution in [-0.4, -0.2) is 24.0 Å². The van der Waals surface area contributed by atoms with E-state index in [4.69, 9.17) is 0 Å². The van der Waals surface area contributed by atoms with Gasteiger partial charge < -0.3 is 0 Å². The third-order valence-electron chi connectivity index (χ3n) is 9.14. The first kappa shape index (κ1) is 43.2. The molecule has 0 fully saturated rings. The summed E-state index contributed by atoms with van der Waals surface area (Å²) in [5.41, 5.74) is 0. The van der Waals surface area contributed by atoms with Crippen molar-refractivity contribution in [1.82, 2.24) is 4.90 Å². The molecule has 44 heavy (non-hydrogen) atoms. The van der Waals surface area contributed by atoms with E-state index in [2.05, 4.69) is 69.1 Å². The van der Waals surface area contributed by atoms with Crippen molar-refractivity contribution in [3.05, 3.63) is 36.5 Å². The average Bonchev–Trinajstić information content (AvgIpc) is 3.48. The molecule has 0 aromatic heterocycles. The Bertz CT molecular complexity index is 602. The summed E-state index contributed by atoms with van der Waals surface area (Å²) in [5.74, 6) is 0. The molecule has 0 radical (unpaired) electrons. The molecule has 0 aromatic carbocycles. The summed E-state index contributed by atoms with van der Waals surface area (Å²) in [6, 6.07) is 0.731. The molecule has 1 aliphatic heterocycles. The zero-order chi connectivity index (χ0) is 32.0. The Balaban J connectivity index is 0.00000590. The van der Waals surface area contributed by atoms with Crippen molar-refractivity contribution in [2.75, 3.05) is 13.1 Å². The number of nitrogens with zero attached hydrogens (tertiary/aromatic N) is 1. The third-order valence-corrected chi connectivity index (χ3v) is 9.14. The van der Waals surface area contributed by atoms with Gasteiger partial charge in [-0.25, -0.2) is 0 Å². The molecule has 0 saturated carbocycles. The number of hydrogen-bond acceptors (Lipinski definition) is 1. The van der Waals surface area contributed by atoms with E-state index in [1.54, 1.807) is 0 Å². The first-order valence-corrected chi connectivity index (χ1v) is 20.5. The van der Waals surface area contributed by atoms with Crippen molar-refractivity contribution >= 4 is 0 Å². The van der Waals surface area contributed by atoms with Crippen LogP contribution in [0.1, 0.15) is 220 Å². The van der Waals surface area contributed by atoms with Crippen molar-refractivity contribution in [1.29, 1.82) is 0 Å². The molecule has 1 unspecified atom stereocenters. The molecule has 1 heteroatoms. The van der Waals surface area contributed by atoms with Gasteiger partial charge in [0.1, 0.15) is 0 Å². The number of rotatable bonds is 32. The Labute approximate surface area is 280 Å². The lowest BCUT2D eigenvalue weighted by Gasteiger charge is -2.24. The second kappa shape index (κ2) is 38.4. The fourth-order valence-corrected chi connectivity index (χ4v) is 6.31. The Hall–Kier alpha value is -0.820. The number of unbranched alkanes of at least 4 members (excludes halogenated alkanes) is 24. The highest BCUT2D eigenvalue weighted by atomic mass is 15.2. The van der Waals surface area contributed by atoms with Crippen molar-refractivity contribution < 1.29 is 0 Å². The lowest BCUT2D eigenvalue weighted by atomic mass is 10.0. The maximum Gasteiger partial charge on any atom is 0.0281 e. The van der Waals surface area contributed by atoms with E-state index in [1.807, 2.05) is 0 Å². The molecule has 0 amide bonds. The van der Waals surface area contributed by atoms with Gasteiger partial charge in [-0.2, -0.15) is 0 Å². The summed E-state index contributed by atoms with van der Waals surface area (Å²) in [6.07, 6.45) is 56.5. The molecule has 1 rings (SSSR count). The van der Waals surface area contributed by atoms with E-state index in [1.165, 1.54) is 206 Å². The predicted octanol–water partition coefficient (Wildman–Crippen LogP) is 15.1. The van der Waals surface area contributed by atoms with Crippen LogP contribution in [-0.2, 0) is 0 Å². The van der Waals surface area contributed by atoms with Crippen LogP contribution >= 0.6 is 0 Å². The summed E-state index contributed by atoms with van der Waals surface area (Å²) < 4.78 is 0. The van der Waals surface area contributed by atoms with Crippen molar-refractivity contribution in [3.63, 3.8) is 0 Å². The number of allylic oxidation sites excluding steroid dienone is 4. The molecule has 260 valence electrons. The predicted molar refractivity (Wildman–Crippen MR) is 204 cm³/mol. The van der Waals surface area contributed by atoms with E-state index in [0.29, 0.717) is 0 Å². The zero-order valence-corrected chi connectivity index (χ0v) is 31.1. The van der Waals surface area contributed by atoms with Crippen LogP contribution in [0, 0.1) is 0 Å². The van der Waals surface area contributed by atoms with Gasteiger partial charge in [-0.3, -0.25) is 4.90 Å². The van der Waals surface area contributed by atoms with Crippen molar-refractivity contribution in [2.45, 2.75) is 226 Å². The summed E-state index contributed by atoms with van der Waals surface area (Å²) in [6.45, 7) is 11.4. The highest BCUT2D eigenvalue weighted by molar-refractivity contribution is 5.03. The maximum absolute atomic E-state index is 2.74. The van der Waals surface area contributed by atoms with Crippen LogP contribution in [0.2, 0.25) is 0 Å². The largest absolute Gasteiger partial charge is 0.293 e. The quantitative estimate of drug-likeness (QED) is 0.0539. The molecule has 0 bridgehead atoms. The Morgan fingerprint density at radius 1 is 0.455 bits per heavy atom. The minimum Gasteiger partial charge on any atom is -0.293 e. The molecule has 1 nitrogen and oxygen atoms in total. The molecule has 0 saturated heterocycles. The lowest BCUT2D eigenvalue weighted by Crippen LogP contribution is -2.30. The summed E-state index contributed by atoms with van der Waals surface area (Å²) in [4.78, 5) is 2.74. The van der Waals surface area contributed by atoms with Crippen molar-refractivity contribution in [3.8, 4) is 0 Å². The third kappa shape index (κ3) is 32.6. The van der Waals surface area contributed by atoms with E-state index in [0.717, 1.165) is 6.04 Å². The highest BCUT2D eigenvalue weighted by Gasteiger charge is 2.18. The van der Waals surface area contributed by atoms with Crippen LogP contribution in [0.3, 0.4) is 0 Å². The van der Waals surface area contributed by atoms with E-state index >= 15 is 0 Å². The van der Waals surface area contributed by atoms with E-state index in [-0.39, 0.29) is 0 Å². The van der Waals surface area contributed by atoms with Gasteiger partial charge in [0.25, 0.3) is 0 Å². The second-order valence-electron chi connectivity index (χ2n) is 13.9. The molecular weight excluding hydrogens is 530 g/mol. The molecule has 1 aliphatic rings. The highest BCUT2D eigenvalue weighted by Crippen LogP contribution is 2.19. The van der Waals surface area contributed by atoms with Gasteiger partial charge in [0.2, 0.25) is 0 Å². The van der Waals surface area contributed by atoms with Gasteiger partial charge >= 0.3 is 0 Å². The van der Waals surface area contributed by atoms with Crippen LogP contribution in [0.5, 0.6) is 0 Å². The zero-order valence-electron chi connectivity index (χ0n) is 31.1. The van der Waals surface area contributed by atoms with Gasteiger partial charge in [-0.05, 0) is 70.8 Å². The van der Waals surface area contributed by atoms with Gasteiger partial charge in [-0.15, -0.1) is 0 Å². The van der Waals surface area contributed by atoms with Gasteiger partial charge in [0.05, 0.1) is 0 Å². The fourth-order valence-electron chi connectivity index (χ4n) is 6.31. The fraction of sp³-hybridized carbons (Fsp3) is 0.860. The minimum atomic E-state index is 0.731. The Morgan fingerprint density at radius 3 is 1.20 bits per heavy atom. The smallest absolute Gasteiger partial charge is 0.0281 e. The molecule has 0 N–H and O–H groups in total. The van der Waals surface area contributed by atoms with Gasteiger partial charge in [0, 0.05) is 12.6 Å². The summed E-state index contributed by atoms with van der Waals surface area (Å²) in [5, 5.41) is 0. The molecule has 0 spiro atoms. The van der Waals surface area contributed by atoms with E-state index in [9.17, 15) is 0 Å². The molecule has 1 heterocycles. The standard InChI is InChI=1S/C40H75N.C3H8/c1-3-5-7-9-11-13-15-17-19-21-23-25-27-29-31-33-36-40-37-35-39-41(40)38-34-32-30-28-26-24-22-20-18-16-14-12-10-8-6-4-2;1-3-2/h17-20,35,37,40H,3-16,21-34,36,38-39H2,1-2H3;3H2,1-2H3/b19-17-,20-18-;. The topological polar surface area (TPSA) is 3.24 Å². The first-order chi connectivity index (χ1) is 21.8. The monoisotopic (exact) mass is 614 g/mol. The first-order valence-electron chi connectivity index (χ1n) is 20.5. The molecular formula is C43H83N. The van der Waals surface area contributed by atoms with Crippen LogP contribution in [0.15, 0.2) is 36.5 Å². The molecule has 0 aromatic rings. The SMILES string of the molecule is CCC.CCCCCCCC/C=C\CCCCCCCCC1C=CCN1CCCCCCCC/C=C\CCCCCCCC. The normalized spacial score (nSPS) is 15.1. The molecule has 0 aliphatic carbocycles. The Kier molecular flexibility index (Phi) is 37.6. The second-order valence-corrected chi connectivity index (χ2v) is 13.9. The maximum atomic E-state index is 2.74. The van der Waals surface area contributed by atoms with Gasteiger partial charge in [0.15, 0.2) is 0 Å². The molecule has 1 atom stereocenters. The van der Waals surface area contributed by atoms with Crippen LogP contribution < -0.4 is 0 Å². The lowest BCUT2D eigenvalue weighted by molar-refractivity contribution is 0.250. The summed E-state index contributed by atoms with van der Waals surface area (Å²) in [7, 11) is 0. The summed E-state index contributed by atoms with van der Waals surface area (Å²) >= 11 is 0. The average molecular weight is 614 g/mol. The van der Waals surface area contributed by atoms with Crippen LogP contribution in [0.4, 0.5) is 0 Å². The number of hydrogen-bond donors (Lipinski definition) is 0. The van der Waals surface area contributed by atoms with Gasteiger partial charge in [-0.1, -0.05) is 193 Å². The van der Waals surface area contributed by atoms with Crippen molar-refractivity contribution in [2.24, 2.45) is 0 Å². The Morgan fingerprint density at radius 2 is 0.795 bits per heavy atom. The van der Waals surface area contributed by atoms with Crippen LogP contribution in [0.25, 0.3) is 0 Å².